The molecule has 0 saturated carbocycles. The lowest BCUT2D eigenvalue weighted by molar-refractivity contribution is -0.142. The highest BCUT2D eigenvalue weighted by Crippen LogP contribution is 2.46. The Kier molecular flexibility index (Phi) is 10.3. The zero-order chi connectivity index (χ0) is 27.1. The van der Waals surface area contributed by atoms with Crippen molar-refractivity contribution < 1.29 is 41.1 Å². The van der Waals surface area contributed by atoms with Crippen molar-refractivity contribution in [3.63, 3.8) is 0 Å². The molecule has 3 atom stereocenters. The average molecular weight is 587 g/mol. The fraction of sp³-hybridized carbons (Fsp3) is 0.125. The number of hydrogen-bond acceptors (Lipinski definition) is 9. The summed E-state index contributed by atoms with van der Waals surface area (Å²) in [5.74, 6) is -5.94. The van der Waals surface area contributed by atoms with E-state index in [4.69, 9.17) is 13.6 Å². The molecule has 194 valence electrons. The Hall–Kier alpha value is -2.66. The largest absolute Gasteiger partial charge is 0.537 e. The van der Waals surface area contributed by atoms with Crippen LogP contribution in [-0.4, -0.2) is 17.9 Å². The van der Waals surface area contributed by atoms with Gasteiger partial charge < -0.3 is 13.6 Å². The second-order valence-electron chi connectivity index (χ2n) is 7.23. The highest BCUT2D eigenvalue weighted by atomic mass is 32.1. The lowest BCUT2D eigenvalue weighted by atomic mass is 10.1. The van der Waals surface area contributed by atoms with E-state index < -0.39 is 59.7 Å². The van der Waals surface area contributed by atoms with E-state index in [0.717, 1.165) is 18.2 Å². The fourth-order valence-corrected chi connectivity index (χ4v) is 4.80. The van der Waals surface area contributed by atoms with Gasteiger partial charge in [-0.15, -0.1) is 0 Å². The maximum Gasteiger partial charge on any atom is 0.537 e. The lowest BCUT2D eigenvalue weighted by Gasteiger charge is -2.20. The summed E-state index contributed by atoms with van der Waals surface area (Å²) >= 11 is 12.1. The Morgan fingerprint density at radius 1 is 0.541 bits per heavy atom. The van der Waals surface area contributed by atoms with Crippen molar-refractivity contribution in [1.82, 2.24) is 0 Å². The number of carbonyl (C=O) groups excluding carboxylic acids is 3. The van der Waals surface area contributed by atoms with E-state index in [2.05, 4.69) is 37.9 Å². The summed E-state index contributed by atoms with van der Waals surface area (Å²) in [6.07, 6.45) is 0. The van der Waals surface area contributed by atoms with Gasteiger partial charge in [-0.2, -0.15) is 37.9 Å². The smallest absolute Gasteiger partial charge is 0.374 e. The summed E-state index contributed by atoms with van der Waals surface area (Å²) < 4.78 is 57.4. The number of hydrogen-bond donors (Lipinski definition) is 3. The normalized spacial score (nSPS) is 14.1. The minimum absolute atomic E-state index is 0.153. The molecule has 0 amide bonds. The van der Waals surface area contributed by atoms with Crippen molar-refractivity contribution in [1.29, 1.82) is 0 Å². The molecule has 0 aliphatic carbocycles. The monoisotopic (exact) mass is 586 g/mol. The topological polar surface area (TPSA) is 78.9 Å². The van der Waals surface area contributed by atoms with Gasteiger partial charge in [-0.1, -0.05) is 54.6 Å². The van der Waals surface area contributed by atoms with E-state index >= 15 is 0 Å². The first kappa shape index (κ1) is 28.9. The standard InChI is InChI=1S/C24H18F3O6PS3/c25-16-10-4-1-7-13(16)19(35)22(28)31-34(32-23(29)20(36)14-8-2-5-11-17(14)26)33-24(30)21(37)15-9-3-6-12-18(15)27/h1-12,19-21,35-37H. The van der Waals surface area contributed by atoms with Crippen LogP contribution in [0.1, 0.15) is 32.4 Å². The van der Waals surface area contributed by atoms with Gasteiger partial charge in [0, 0.05) is 16.7 Å². The zero-order valence-corrected chi connectivity index (χ0v) is 22.1. The van der Waals surface area contributed by atoms with Crippen LogP contribution < -0.4 is 0 Å². The van der Waals surface area contributed by atoms with Crippen LogP contribution >= 0.6 is 46.5 Å². The first-order valence-corrected chi connectivity index (χ1v) is 13.0. The van der Waals surface area contributed by atoms with E-state index in [-0.39, 0.29) is 16.7 Å². The predicted molar refractivity (Wildman–Crippen MR) is 140 cm³/mol. The minimum Gasteiger partial charge on any atom is -0.374 e. The van der Waals surface area contributed by atoms with Crippen LogP contribution in [-0.2, 0) is 28.0 Å². The summed E-state index contributed by atoms with van der Waals surface area (Å²) in [5, 5.41) is -4.46. The van der Waals surface area contributed by atoms with Crippen LogP contribution in [0.3, 0.4) is 0 Å². The molecule has 13 heteroatoms. The summed E-state index contributed by atoms with van der Waals surface area (Å²) in [6, 6.07) is 15.7. The third-order valence-electron chi connectivity index (χ3n) is 4.76. The molecule has 3 unspecified atom stereocenters. The maximum atomic E-state index is 14.1. The Labute approximate surface area is 227 Å². The number of halogens is 3. The third kappa shape index (κ3) is 7.44. The molecule has 0 radical (unpaired) electrons. The van der Waals surface area contributed by atoms with Crippen LogP contribution in [0.5, 0.6) is 0 Å². The van der Waals surface area contributed by atoms with E-state index in [1.807, 2.05) is 0 Å². The Bertz CT molecular complexity index is 1140. The van der Waals surface area contributed by atoms with Gasteiger partial charge in [0.2, 0.25) is 0 Å². The SMILES string of the molecule is O=C(OP(OC(=O)C(S)c1ccccc1F)OC(=O)C(S)c1ccccc1F)C(S)c1ccccc1F. The van der Waals surface area contributed by atoms with Crippen molar-refractivity contribution in [2.24, 2.45) is 0 Å². The molecule has 37 heavy (non-hydrogen) atoms. The molecule has 0 aliphatic heterocycles. The van der Waals surface area contributed by atoms with Crippen LogP contribution in [0.15, 0.2) is 72.8 Å². The van der Waals surface area contributed by atoms with Gasteiger partial charge in [0.15, 0.2) is 0 Å². The molecule has 0 N–H and O–H groups in total. The van der Waals surface area contributed by atoms with Gasteiger partial charge in [0.05, 0.1) is 0 Å². The van der Waals surface area contributed by atoms with Gasteiger partial charge in [-0.05, 0) is 18.2 Å². The van der Waals surface area contributed by atoms with Crippen molar-refractivity contribution in [3.05, 3.63) is 107 Å². The molecule has 3 rings (SSSR count). The lowest BCUT2D eigenvalue weighted by Crippen LogP contribution is -2.18. The van der Waals surface area contributed by atoms with Crippen LogP contribution in [0, 0.1) is 17.5 Å². The van der Waals surface area contributed by atoms with E-state index in [9.17, 15) is 27.6 Å². The second-order valence-corrected chi connectivity index (χ2v) is 9.77. The Morgan fingerprint density at radius 3 is 1.03 bits per heavy atom. The zero-order valence-electron chi connectivity index (χ0n) is 18.5. The highest BCUT2D eigenvalue weighted by molar-refractivity contribution is 7.81. The molecular formula is C24H18F3O6PS3. The molecule has 0 aromatic heterocycles. The number of benzene rings is 3. The first-order chi connectivity index (χ1) is 17.6. The molecule has 3 aromatic carbocycles. The average Bonchev–Trinajstić information content (AvgIpc) is 2.88. The molecule has 0 fully saturated rings. The number of rotatable bonds is 9. The summed E-state index contributed by atoms with van der Waals surface area (Å²) in [5.41, 5.74) is -0.458. The van der Waals surface area contributed by atoms with Gasteiger partial charge in [-0.25, -0.2) is 13.2 Å². The molecule has 0 bridgehead atoms. The Morgan fingerprint density at radius 2 is 0.784 bits per heavy atom. The fourth-order valence-electron chi connectivity index (χ4n) is 2.90. The van der Waals surface area contributed by atoms with Gasteiger partial charge in [-0.3, -0.25) is 14.4 Å². The van der Waals surface area contributed by atoms with E-state index in [0.29, 0.717) is 0 Å². The molecular weight excluding hydrogens is 568 g/mol. The molecule has 6 nitrogen and oxygen atoms in total. The second kappa shape index (κ2) is 13.2. The number of carbonyl (C=O) groups is 3. The summed E-state index contributed by atoms with van der Waals surface area (Å²) in [6.45, 7) is 0. The predicted octanol–water partition coefficient (Wildman–Crippen LogP) is 6.27. The van der Waals surface area contributed by atoms with Gasteiger partial charge in [0.25, 0.3) is 0 Å². The highest BCUT2D eigenvalue weighted by Gasteiger charge is 2.36. The summed E-state index contributed by atoms with van der Waals surface area (Å²) in [7, 11) is -3.14. The Balaban J connectivity index is 1.82. The first-order valence-electron chi connectivity index (χ1n) is 10.3. The maximum absolute atomic E-state index is 14.1. The molecule has 0 heterocycles. The minimum atomic E-state index is -3.14. The van der Waals surface area contributed by atoms with Crippen molar-refractivity contribution >= 4 is 64.4 Å². The quantitative estimate of drug-likeness (QED) is 0.203. The van der Waals surface area contributed by atoms with Crippen molar-refractivity contribution in [3.8, 4) is 0 Å². The third-order valence-corrected chi connectivity index (χ3v) is 7.22. The van der Waals surface area contributed by atoms with Gasteiger partial charge in [0.1, 0.15) is 33.2 Å². The van der Waals surface area contributed by atoms with E-state index in [1.54, 1.807) is 0 Å². The van der Waals surface area contributed by atoms with Crippen LogP contribution in [0.2, 0.25) is 0 Å². The molecule has 0 saturated heterocycles. The molecule has 0 aliphatic rings. The summed E-state index contributed by atoms with van der Waals surface area (Å²) in [4.78, 5) is 38.0. The molecule has 0 spiro atoms. The number of thiol groups is 3. The van der Waals surface area contributed by atoms with Gasteiger partial charge >= 0.3 is 26.5 Å². The molecule has 3 aromatic rings. The van der Waals surface area contributed by atoms with Crippen molar-refractivity contribution in [2.45, 2.75) is 15.7 Å². The van der Waals surface area contributed by atoms with Crippen LogP contribution in [0.25, 0.3) is 0 Å². The van der Waals surface area contributed by atoms with Crippen LogP contribution in [0.4, 0.5) is 13.2 Å². The van der Waals surface area contributed by atoms with E-state index in [1.165, 1.54) is 54.6 Å². The van der Waals surface area contributed by atoms with Crippen molar-refractivity contribution in [2.75, 3.05) is 0 Å².